The molecular formula is C22H29N3O. The van der Waals surface area contributed by atoms with Crippen LogP contribution in [-0.4, -0.2) is 43.5 Å². The molecule has 1 fully saturated rings. The molecule has 0 aliphatic carbocycles. The van der Waals surface area contributed by atoms with Crippen LogP contribution in [0.1, 0.15) is 34.0 Å². The Morgan fingerprint density at radius 3 is 2.35 bits per heavy atom. The fourth-order valence-electron chi connectivity index (χ4n) is 3.48. The summed E-state index contributed by atoms with van der Waals surface area (Å²) in [5.41, 5.74) is 6.05. The van der Waals surface area contributed by atoms with E-state index in [-0.39, 0.29) is 5.91 Å². The number of nitrogens with one attached hydrogen (secondary N) is 1. The first-order valence-electron chi connectivity index (χ1n) is 9.44. The highest BCUT2D eigenvalue weighted by atomic mass is 16.1. The van der Waals surface area contributed by atoms with Crippen molar-refractivity contribution in [2.24, 2.45) is 0 Å². The number of carbonyl (C=O) groups excluding carboxylic acids is 1. The van der Waals surface area contributed by atoms with Crippen LogP contribution in [-0.2, 0) is 0 Å². The Balaban J connectivity index is 1.72. The largest absolute Gasteiger partial charge is 0.369 e. The first kappa shape index (κ1) is 18.5. The van der Waals surface area contributed by atoms with Gasteiger partial charge in [0, 0.05) is 43.1 Å². The summed E-state index contributed by atoms with van der Waals surface area (Å²) in [4.78, 5) is 17.6. The summed E-state index contributed by atoms with van der Waals surface area (Å²) in [7, 11) is 0. The van der Waals surface area contributed by atoms with E-state index in [4.69, 9.17) is 0 Å². The summed E-state index contributed by atoms with van der Waals surface area (Å²) < 4.78 is 0. The predicted molar refractivity (Wildman–Crippen MR) is 109 cm³/mol. The lowest BCUT2D eigenvalue weighted by Crippen LogP contribution is -2.46. The van der Waals surface area contributed by atoms with Crippen molar-refractivity contribution in [1.82, 2.24) is 4.90 Å². The molecule has 3 rings (SSSR count). The molecular weight excluding hydrogens is 322 g/mol. The molecule has 1 heterocycles. The first-order chi connectivity index (χ1) is 12.5. The van der Waals surface area contributed by atoms with Gasteiger partial charge in [-0.1, -0.05) is 24.6 Å². The fraction of sp³-hybridized carbons (Fsp3) is 0.409. The zero-order valence-corrected chi connectivity index (χ0v) is 16.3. The van der Waals surface area contributed by atoms with Crippen LogP contribution in [0.3, 0.4) is 0 Å². The molecule has 26 heavy (non-hydrogen) atoms. The van der Waals surface area contributed by atoms with Crippen molar-refractivity contribution in [2.45, 2.75) is 27.7 Å². The minimum atomic E-state index is -0.0430. The summed E-state index contributed by atoms with van der Waals surface area (Å²) in [6, 6.07) is 12.3. The number of piperazine rings is 1. The van der Waals surface area contributed by atoms with Gasteiger partial charge in [0.15, 0.2) is 0 Å². The van der Waals surface area contributed by atoms with Crippen molar-refractivity contribution >= 4 is 17.3 Å². The van der Waals surface area contributed by atoms with Gasteiger partial charge in [0.1, 0.15) is 0 Å². The van der Waals surface area contributed by atoms with Crippen molar-refractivity contribution in [3.63, 3.8) is 0 Å². The second-order valence-electron chi connectivity index (χ2n) is 7.19. The Labute approximate surface area is 156 Å². The molecule has 0 saturated carbocycles. The molecule has 1 aliphatic rings. The van der Waals surface area contributed by atoms with Gasteiger partial charge < -0.3 is 15.1 Å². The van der Waals surface area contributed by atoms with Gasteiger partial charge in [-0.3, -0.25) is 4.79 Å². The Bertz CT molecular complexity index is 792. The van der Waals surface area contributed by atoms with Gasteiger partial charge >= 0.3 is 0 Å². The Hall–Kier alpha value is -2.33. The number of hydrogen-bond donors (Lipinski definition) is 1. The van der Waals surface area contributed by atoms with Crippen LogP contribution in [0, 0.1) is 20.8 Å². The third kappa shape index (κ3) is 4.07. The Morgan fingerprint density at radius 1 is 0.962 bits per heavy atom. The van der Waals surface area contributed by atoms with Crippen LogP contribution in [0.2, 0.25) is 0 Å². The highest BCUT2D eigenvalue weighted by Crippen LogP contribution is 2.24. The summed E-state index contributed by atoms with van der Waals surface area (Å²) >= 11 is 0. The normalized spacial score (nSPS) is 15.2. The molecule has 0 bridgehead atoms. The zero-order valence-electron chi connectivity index (χ0n) is 16.3. The predicted octanol–water partition coefficient (Wildman–Crippen LogP) is 4.01. The van der Waals surface area contributed by atoms with Crippen LogP contribution in [0.15, 0.2) is 36.4 Å². The maximum atomic E-state index is 12.7. The average Bonchev–Trinajstić information content (AvgIpc) is 2.65. The van der Waals surface area contributed by atoms with Crippen LogP contribution in [0.25, 0.3) is 0 Å². The van der Waals surface area contributed by atoms with E-state index in [1.54, 1.807) is 0 Å². The molecule has 0 unspecified atom stereocenters. The lowest BCUT2D eigenvalue weighted by molar-refractivity contribution is 0.102. The number of aryl methyl sites for hydroxylation is 3. The van der Waals surface area contributed by atoms with Gasteiger partial charge in [-0.25, -0.2) is 0 Å². The van der Waals surface area contributed by atoms with Crippen LogP contribution < -0.4 is 10.2 Å². The number of carbonyl (C=O) groups is 1. The van der Waals surface area contributed by atoms with Gasteiger partial charge in [0.05, 0.1) is 0 Å². The molecule has 0 radical (unpaired) electrons. The maximum Gasteiger partial charge on any atom is 0.255 e. The Morgan fingerprint density at radius 2 is 1.69 bits per heavy atom. The third-order valence-corrected chi connectivity index (χ3v) is 5.28. The van der Waals surface area contributed by atoms with Crippen molar-refractivity contribution in [3.8, 4) is 0 Å². The number of nitrogens with zero attached hydrogens (tertiary/aromatic N) is 2. The van der Waals surface area contributed by atoms with Gasteiger partial charge in [0.2, 0.25) is 0 Å². The number of hydrogen-bond acceptors (Lipinski definition) is 3. The number of anilines is 2. The number of rotatable bonds is 4. The van der Waals surface area contributed by atoms with Crippen molar-refractivity contribution in [3.05, 3.63) is 58.7 Å². The van der Waals surface area contributed by atoms with E-state index >= 15 is 0 Å². The second-order valence-corrected chi connectivity index (χ2v) is 7.19. The van der Waals surface area contributed by atoms with E-state index < -0.39 is 0 Å². The number of benzene rings is 2. The topological polar surface area (TPSA) is 35.6 Å². The minimum Gasteiger partial charge on any atom is -0.369 e. The van der Waals surface area contributed by atoms with E-state index in [2.05, 4.69) is 41.1 Å². The molecule has 4 heteroatoms. The maximum absolute atomic E-state index is 12.7. The van der Waals surface area contributed by atoms with Gasteiger partial charge in [-0.15, -0.1) is 0 Å². The fourth-order valence-corrected chi connectivity index (χ4v) is 3.48. The molecule has 2 aromatic carbocycles. The summed E-state index contributed by atoms with van der Waals surface area (Å²) in [6.45, 7) is 13.7. The SMILES string of the molecule is CCN1CCN(c2ccc(NC(=O)c3cc(C)ccc3C)c(C)c2)CC1. The van der Waals surface area contributed by atoms with Crippen molar-refractivity contribution < 1.29 is 4.79 Å². The third-order valence-electron chi connectivity index (χ3n) is 5.28. The zero-order chi connectivity index (χ0) is 18.7. The van der Waals surface area contributed by atoms with Gasteiger partial charge in [-0.05, 0) is 62.7 Å². The summed E-state index contributed by atoms with van der Waals surface area (Å²) in [5, 5.41) is 3.08. The monoisotopic (exact) mass is 351 g/mol. The van der Waals surface area contributed by atoms with E-state index in [9.17, 15) is 4.79 Å². The number of amides is 1. The molecule has 4 nitrogen and oxygen atoms in total. The molecule has 0 spiro atoms. The smallest absolute Gasteiger partial charge is 0.255 e. The minimum absolute atomic E-state index is 0.0430. The molecule has 1 saturated heterocycles. The van der Waals surface area contributed by atoms with E-state index in [0.29, 0.717) is 0 Å². The van der Waals surface area contributed by atoms with Crippen molar-refractivity contribution in [2.75, 3.05) is 42.9 Å². The molecule has 138 valence electrons. The van der Waals surface area contributed by atoms with E-state index in [1.165, 1.54) is 5.69 Å². The molecule has 0 aromatic heterocycles. The standard InChI is InChI=1S/C22H29N3O/c1-5-24-10-12-25(13-11-24)19-8-9-21(18(4)15-19)23-22(26)20-14-16(2)6-7-17(20)3/h6-9,14-15H,5,10-13H2,1-4H3,(H,23,26). The first-order valence-corrected chi connectivity index (χ1v) is 9.44. The van der Waals surface area contributed by atoms with Crippen LogP contribution >= 0.6 is 0 Å². The van der Waals surface area contributed by atoms with Gasteiger partial charge in [-0.2, -0.15) is 0 Å². The summed E-state index contributed by atoms with van der Waals surface area (Å²) in [5.74, 6) is -0.0430. The average molecular weight is 351 g/mol. The number of likely N-dealkylation sites (N-methyl/N-ethyl adjacent to an activating group) is 1. The second kappa shape index (κ2) is 7.92. The van der Waals surface area contributed by atoms with Crippen LogP contribution in [0.4, 0.5) is 11.4 Å². The lowest BCUT2D eigenvalue weighted by Gasteiger charge is -2.35. The van der Waals surface area contributed by atoms with Crippen molar-refractivity contribution in [1.29, 1.82) is 0 Å². The lowest BCUT2D eigenvalue weighted by atomic mass is 10.0. The molecule has 0 atom stereocenters. The molecule has 1 aliphatic heterocycles. The molecule has 1 N–H and O–H groups in total. The van der Waals surface area contributed by atoms with Crippen LogP contribution in [0.5, 0.6) is 0 Å². The van der Waals surface area contributed by atoms with E-state index in [1.807, 2.05) is 38.1 Å². The molecule has 2 aromatic rings. The van der Waals surface area contributed by atoms with Gasteiger partial charge in [0.25, 0.3) is 5.91 Å². The summed E-state index contributed by atoms with van der Waals surface area (Å²) in [6.07, 6.45) is 0. The highest BCUT2D eigenvalue weighted by Gasteiger charge is 2.17. The highest BCUT2D eigenvalue weighted by molar-refractivity contribution is 6.05. The quantitative estimate of drug-likeness (QED) is 0.904. The Kier molecular flexibility index (Phi) is 5.62. The van der Waals surface area contributed by atoms with E-state index in [0.717, 1.165) is 60.7 Å². The molecule has 1 amide bonds.